The van der Waals surface area contributed by atoms with Gasteiger partial charge in [0, 0.05) is 23.6 Å². The van der Waals surface area contributed by atoms with Crippen molar-refractivity contribution in [2.24, 2.45) is 11.3 Å². The van der Waals surface area contributed by atoms with Crippen molar-refractivity contribution < 1.29 is 14.0 Å². The number of hydrogen-bond acceptors (Lipinski definition) is 4. The number of hydrogen-bond donors (Lipinski definition) is 2. The van der Waals surface area contributed by atoms with Crippen molar-refractivity contribution in [3.8, 4) is 0 Å². The minimum atomic E-state index is -0.645. The highest BCUT2D eigenvalue weighted by Crippen LogP contribution is 2.26. The van der Waals surface area contributed by atoms with E-state index in [4.69, 9.17) is 0 Å². The van der Waals surface area contributed by atoms with Crippen molar-refractivity contribution in [1.29, 1.82) is 0 Å². The Bertz CT molecular complexity index is 770. The SMILES string of the molecule is CC(CC(=O)Nc1ccc(C(=O)Nc2nccs2)cc1F)CC(C)(C)C. The average molecular weight is 377 g/mol. The Hall–Kier alpha value is -2.28. The number of rotatable bonds is 6. The van der Waals surface area contributed by atoms with Crippen LogP contribution < -0.4 is 10.6 Å². The van der Waals surface area contributed by atoms with E-state index in [0.29, 0.717) is 11.6 Å². The van der Waals surface area contributed by atoms with Crippen molar-refractivity contribution in [1.82, 2.24) is 4.98 Å². The summed E-state index contributed by atoms with van der Waals surface area (Å²) in [6.45, 7) is 8.37. The van der Waals surface area contributed by atoms with Crippen molar-refractivity contribution in [3.05, 3.63) is 41.2 Å². The van der Waals surface area contributed by atoms with Crippen LogP contribution in [0, 0.1) is 17.2 Å². The summed E-state index contributed by atoms with van der Waals surface area (Å²) in [6.07, 6.45) is 2.79. The maximum absolute atomic E-state index is 14.3. The van der Waals surface area contributed by atoms with E-state index in [0.717, 1.165) is 12.5 Å². The lowest BCUT2D eigenvalue weighted by molar-refractivity contribution is -0.117. The Morgan fingerprint density at radius 1 is 1.27 bits per heavy atom. The molecule has 2 rings (SSSR count). The van der Waals surface area contributed by atoms with E-state index in [1.54, 1.807) is 11.6 Å². The normalized spacial score (nSPS) is 12.5. The lowest BCUT2D eigenvalue weighted by Crippen LogP contribution is -2.19. The van der Waals surface area contributed by atoms with Gasteiger partial charge in [0.25, 0.3) is 5.91 Å². The molecular weight excluding hydrogens is 353 g/mol. The fourth-order valence-electron chi connectivity index (χ4n) is 2.85. The quantitative estimate of drug-likeness (QED) is 0.749. The van der Waals surface area contributed by atoms with Gasteiger partial charge in [-0.25, -0.2) is 9.37 Å². The molecular formula is C19H24FN3O2S. The molecule has 0 spiro atoms. The first-order valence-corrected chi connectivity index (χ1v) is 9.32. The third-order valence-electron chi connectivity index (χ3n) is 3.65. The molecule has 1 unspecified atom stereocenters. The van der Waals surface area contributed by atoms with Gasteiger partial charge in [-0.2, -0.15) is 0 Å². The zero-order valence-corrected chi connectivity index (χ0v) is 16.2. The molecule has 7 heteroatoms. The Balaban J connectivity index is 1.96. The number of nitrogens with zero attached hydrogens (tertiary/aromatic N) is 1. The second-order valence-corrected chi connectivity index (χ2v) is 8.50. The topological polar surface area (TPSA) is 71.1 Å². The van der Waals surface area contributed by atoms with Crippen LogP contribution in [0.25, 0.3) is 0 Å². The smallest absolute Gasteiger partial charge is 0.257 e. The first kappa shape index (κ1) is 20.0. The van der Waals surface area contributed by atoms with Gasteiger partial charge in [0.05, 0.1) is 5.69 Å². The van der Waals surface area contributed by atoms with Crippen LogP contribution in [0.15, 0.2) is 29.8 Å². The number of nitrogens with one attached hydrogen (secondary N) is 2. The summed E-state index contributed by atoms with van der Waals surface area (Å²) in [5.41, 5.74) is 0.373. The molecule has 1 aromatic heterocycles. The summed E-state index contributed by atoms with van der Waals surface area (Å²) in [7, 11) is 0. The number of carbonyl (C=O) groups excluding carboxylic acids is 2. The molecule has 0 aliphatic carbocycles. The number of thiazole rings is 1. The first-order valence-electron chi connectivity index (χ1n) is 8.44. The highest BCUT2D eigenvalue weighted by molar-refractivity contribution is 7.13. The molecule has 1 aromatic carbocycles. The number of halogens is 1. The Labute approximate surface area is 157 Å². The summed E-state index contributed by atoms with van der Waals surface area (Å²) >= 11 is 1.28. The third-order valence-corrected chi connectivity index (χ3v) is 4.34. The zero-order chi connectivity index (χ0) is 19.3. The molecule has 0 radical (unpaired) electrons. The number of benzene rings is 1. The predicted molar refractivity (Wildman–Crippen MR) is 103 cm³/mol. The molecule has 0 saturated carbocycles. The van der Waals surface area contributed by atoms with Crippen LogP contribution >= 0.6 is 11.3 Å². The molecule has 5 nitrogen and oxygen atoms in total. The second-order valence-electron chi connectivity index (χ2n) is 7.61. The number of carbonyl (C=O) groups is 2. The van der Waals surface area contributed by atoms with Crippen molar-refractivity contribution in [2.75, 3.05) is 10.6 Å². The molecule has 0 aliphatic rings. The van der Waals surface area contributed by atoms with Gasteiger partial charge in [-0.3, -0.25) is 14.9 Å². The molecule has 0 fully saturated rings. The summed E-state index contributed by atoms with van der Waals surface area (Å²) in [5, 5.41) is 7.35. The van der Waals surface area contributed by atoms with Gasteiger partial charge in [0.2, 0.25) is 5.91 Å². The van der Waals surface area contributed by atoms with Gasteiger partial charge in [-0.15, -0.1) is 11.3 Å². The molecule has 2 N–H and O–H groups in total. The van der Waals surface area contributed by atoms with Crippen LogP contribution in [0.1, 0.15) is 50.9 Å². The predicted octanol–water partition coefficient (Wildman–Crippen LogP) is 4.94. The first-order chi connectivity index (χ1) is 12.1. The Morgan fingerprint density at radius 3 is 2.58 bits per heavy atom. The largest absolute Gasteiger partial charge is 0.324 e. The van der Waals surface area contributed by atoms with Crippen LogP contribution in [-0.4, -0.2) is 16.8 Å². The minimum absolute atomic E-state index is 0.0729. The van der Waals surface area contributed by atoms with E-state index in [1.807, 2.05) is 6.92 Å². The molecule has 26 heavy (non-hydrogen) atoms. The van der Waals surface area contributed by atoms with E-state index < -0.39 is 11.7 Å². The maximum Gasteiger partial charge on any atom is 0.257 e. The third kappa shape index (κ3) is 6.22. The monoisotopic (exact) mass is 377 g/mol. The molecule has 1 heterocycles. The lowest BCUT2D eigenvalue weighted by Gasteiger charge is -2.22. The van der Waals surface area contributed by atoms with E-state index in [1.165, 1.54) is 23.5 Å². The van der Waals surface area contributed by atoms with Crippen LogP contribution in [0.3, 0.4) is 0 Å². The van der Waals surface area contributed by atoms with Crippen molar-refractivity contribution in [3.63, 3.8) is 0 Å². The standard InChI is InChI=1S/C19H24FN3O2S/c1-12(11-19(2,3)4)9-16(24)22-15-6-5-13(10-14(15)20)17(25)23-18-21-7-8-26-18/h5-8,10,12H,9,11H2,1-4H3,(H,22,24)(H,21,23,25). The summed E-state index contributed by atoms with van der Waals surface area (Å²) in [4.78, 5) is 28.2. The summed E-state index contributed by atoms with van der Waals surface area (Å²) in [5.74, 6) is -1.13. The number of anilines is 2. The minimum Gasteiger partial charge on any atom is -0.324 e. The van der Waals surface area contributed by atoms with Gasteiger partial charge in [0.1, 0.15) is 5.82 Å². The maximum atomic E-state index is 14.3. The van der Waals surface area contributed by atoms with E-state index in [9.17, 15) is 14.0 Å². The van der Waals surface area contributed by atoms with Gasteiger partial charge < -0.3 is 5.32 Å². The summed E-state index contributed by atoms with van der Waals surface area (Å²) in [6, 6.07) is 3.98. The van der Waals surface area contributed by atoms with Crippen LogP contribution in [0.4, 0.5) is 15.2 Å². The van der Waals surface area contributed by atoms with Crippen LogP contribution in [-0.2, 0) is 4.79 Å². The van der Waals surface area contributed by atoms with E-state index in [-0.39, 0.29) is 28.5 Å². The van der Waals surface area contributed by atoms with Gasteiger partial charge in [-0.05, 0) is 36.0 Å². The second kappa shape index (κ2) is 8.40. The molecule has 2 aromatic rings. The van der Waals surface area contributed by atoms with Gasteiger partial charge in [-0.1, -0.05) is 27.7 Å². The van der Waals surface area contributed by atoms with Crippen LogP contribution in [0.5, 0.6) is 0 Å². The van der Waals surface area contributed by atoms with Crippen molar-refractivity contribution >= 4 is 34.0 Å². The van der Waals surface area contributed by atoms with Crippen LogP contribution in [0.2, 0.25) is 0 Å². The molecule has 0 bridgehead atoms. The Kier molecular flexibility index (Phi) is 6.47. The van der Waals surface area contributed by atoms with E-state index in [2.05, 4.69) is 36.4 Å². The average Bonchev–Trinajstić information content (AvgIpc) is 3.00. The van der Waals surface area contributed by atoms with Gasteiger partial charge >= 0.3 is 0 Å². The highest BCUT2D eigenvalue weighted by Gasteiger charge is 2.19. The summed E-state index contributed by atoms with van der Waals surface area (Å²) < 4.78 is 14.3. The molecule has 1 atom stereocenters. The number of amides is 2. The molecule has 0 aliphatic heterocycles. The molecule has 2 amide bonds. The van der Waals surface area contributed by atoms with Crippen molar-refractivity contribution in [2.45, 2.75) is 40.5 Å². The Morgan fingerprint density at radius 2 is 2.00 bits per heavy atom. The molecule has 140 valence electrons. The molecule has 0 saturated heterocycles. The van der Waals surface area contributed by atoms with Gasteiger partial charge in [0.15, 0.2) is 5.13 Å². The fourth-order valence-corrected chi connectivity index (χ4v) is 3.37. The number of aromatic nitrogens is 1. The fraction of sp³-hybridized carbons (Fsp3) is 0.421. The zero-order valence-electron chi connectivity index (χ0n) is 15.4. The van der Waals surface area contributed by atoms with E-state index >= 15 is 0 Å². The highest BCUT2D eigenvalue weighted by atomic mass is 32.1. The lowest BCUT2D eigenvalue weighted by atomic mass is 9.84.